The summed E-state index contributed by atoms with van der Waals surface area (Å²) in [5.41, 5.74) is 1.58. The minimum absolute atomic E-state index is 0.148. The molecule has 6 nitrogen and oxygen atoms in total. The Morgan fingerprint density at radius 1 is 1.24 bits per heavy atom. The second-order valence-corrected chi connectivity index (χ2v) is 8.63. The number of unbranched alkanes of at least 4 members (excludes halogenated alkanes) is 1. The molecule has 136 valence electrons. The summed E-state index contributed by atoms with van der Waals surface area (Å²) in [7, 11) is -2.07. The molecule has 25 heavy (non-hydrogen) atoms. The Balaban J connectivity index is 1.99. The van der Waals surface area contributed by atoms with E-state index in [0.29, 0.717) is 11.4 Å². The quantitative estimate of drug-likeness (QED) is 0.736. The number of aromatic nitrogens is 1. The Labute approximate surface area is 152 Å². The van der Waals surface area contributed by atoms with Gasteiger partial charge in [0.25, 0.3) is 5.91 Å². The van der Waals surface area contributed by atoms with E-state index in [4.69, 9.17) is 0 Å². The first-order valence-electron chi connectivity index (χ1n) is 8.14. The van der Waals surface area contributed by atoms with Crippen LogP contribution in [0.15, 0.2) is 29.2 Å². The molecule has 0 saturated carbocycles. The van der Waals surface area contributed by atoms with Gasteiger partial charge in [-0.25, -0.2) is 18.1 Å². The highest BCUT2D eigenvalue weighted by Gasteiger charge is 2.15. The molecule has 0 aliphatic carbocycles. The van der Waals surface area contributed by atoms with Crippen molar-refractivity contribution in [3.63, 3.8) is 0 Å². The first-order chi connectivity index (χ1) is 11.9. The van der Waals surface area contributed by atoms with Crippen LogP contribution in [0.1, 0.15) is 45.7 Å². The van der Waals surface area contributed by atoms with Crippen LogP contribution in [0, 0.1) is 6.92 Å². The lowest BCUT2D eigenvalue weighted by molar-refractivity contribution is 0.0954. The predicted molar refractivity (Wildman–Crippen MR) is 99.3 cm³/mol. The molecule has 0 radical (unpaired) electrons. The van der Waals surface area contributed by atoms with Crippen molar-refractivity contribution in [3.05, 3.63) is 45.4 Å². The topological polar surface area (TPSA) is 88.2 Å². The van der Waals surface area contributed by atoms with E-state index < -0.39 is 10.0 Å². The third kappa shape index (κ3) is 5.10. The molecular formula is C17H23N3O3S2. The number of thiazole rings is 1. The van der Waals surface area contributed by atoms with E-state index in [9.17, 15) is 13.2 Å². The molecule has 1 heterocycles. The Morgan fingerprint density at radius 3 is 2.52 bits per heavy atom. The fraction of sp³-hybridized carbons (Fsp3) is 0.412. The van der Waals surface area contributed by atoms with Crippen LogP contribution >= 0.6 is 11.3 Å². The van der Waals surface area contributed by atoms with E-state index in [1.165, 1.54) is 30.5 Å². The van der Waals surface area contributed by atoms with Crippen LogP contribution < -0.4 is 10.0 Å². The molecule has 2 N–H and O–H groups in total. The maximum Gasteiger partial charge on any atom is 0.263 e. The smallest absolute Gasteiger partial charge is 0.263 e. The number of hydrogen-bond acceptors (Lipinski definition) is 5. The van der Waals surface area contributed by atoms with E-state index in [1.807, 2.05) is 6.92 Å². The zero-order valence-corrected chi connectivity index (χ0v) is 16.3. The van der Waals surface area contributed by atoms with Gasteiger partial charge in [-0.3, -0.25) is 4.79 Å². The first-order valence-corrected chi connectivity index (χ1v) is 10.4. The molecule has 0 atom stereocenters. The number of amides is 1. The van der Waals surface area contributed by atoms with Crippen LogP contribution in [0.4, 0.5) is 0 Å². The van der Waals surface area contributed by atoms with E-state index in [1.54, 1.807) is 12.1 Å². The van der Waals surface area contributed by atoms with Crippen molar-refractivity contribution in [2.24, 2.45) is 0 Å². The average Bonchev–Trinajstić information content (AvgIpc) is 2.99. The van der Waals surface area contributed by atoms with Gasteiger partial charge in [0.15, 0.2) is 0 Å². The number of hydrogen-bond donors (Lipinski definition) is 2. The van der Waals surface area contributed by atoms with Gasteiger partial charge in [-0.15, -0.1) is 11.3 Å². The van der Waals surface area contributed by atoms with Gasteiger partial charge in [0.2, 0.25) is 10.0 Å². The number of carbonyl (C=O) groups excluding carboxylic acids is 1. The van der Waals surface area contributed by atoms with E-state index >= 15 is 0 Å². The van der Waals surface area contributed by atoms with Gasteiger partial charge in [0.1, 0.15) is 4.88 Å². The van der Waals surface area contributed by atoms with E-state index in [-0.39, 0.29) is 10.8 Å². The lowest BCUT2D eigenvalue weighted by Crippen LogP contribution is -2.22. The molecule has 1 aromatic heterocycles. The van der Waals surface area contributed by atoms with Crippen LogP contribution in [0.5, 0.6) is 0 Å². The number of sulfonamides is 1. The lowest BCUT2D eigenvalue weighted by Gasteiger charge is -2.06. The molecule has 0 bridgehead atoms. The third-order valence-electron chi connectivity index (χ3n) is 3.75. The van der Waals surface area contributed by atoms with Crippen LogP contribution in [-0.4, -0.2) is 26.4 Å². The van der Waals surface area contributed by atoms with Gasteiger partial charge in [0.05, 0.1) is 15.6 Å². The molecule has 0 fully saturated rings. The second kappa shape index (κ2) is 8.55. The van der Waals surface area contributed by atoms with Crippen LogP contribution in [0.25, 0.3) is 0 Å². The second-order valence-electron chi connectivity index (χ2n) is 5.66. The predicted octanol–water partition coefficient (Wildman–Crippen LogP) is 2.63. The zero-order valence-electron chi connectivity index (χ0n) is 14.6. The molecule has 0 unspecified atom stereocenters. The molecule has 2 rings (SSSR count). The molecule has 8 heteroatoms. The van der Waals surface area contributed by atoms with Crippen molar-refractivity contribution < 1.29 is 13.2 Å². The Kier molecular flexibility index (Phi) is 6.69. The summed E-state index contributed by atoms with van der Waals surface area (Å²) in [4.78, 5) is 17.6. The monoisotopic (exact) mass is 381 g/mol. The highest BCUT2D eigenvalue weighted by Crippen LogP contribution is 2.20. The number of benzene rings is 1. The summed E-state index contributed by atoms with van der Waals surface area (Å²) in [6.45, 7) is 4.31. The van der Waals surface area contributed by atoms with Crippen LogP contribution in [-0.2, 0) is 23.0 Å². The fourth-order valence-electron chi connectivity index (χ4n) is 2.26. The van der Waals surface area contributed by atoms with Crippen molar-refractivity contribution in [3.8, 4) is 0 Å². The summed E-state index contributed by atoms with van der Waals surface area (Å²) < 4.78 is 25.7. The first kappa shape index (κ1) is 19.6. The summed E-state index contributed by atoms with van der Waals surface area (Å²) in [6.07, 6.45) is 3.06. The number of nitrogens with zero attached hydrogens (tertiary/aromatic N) is 1. The largest absolute Gasteiger partial charge is 0.347 e. The molecule has 0 spiro atoms. The molecule has 0 saturated heterocycles. The van der Waals surface area contributed by atoms with E-state index in [0.717, 1.165) is 35.5 Å². The number of carbonyl (C=O) groups is 1. The van der Waals surface area contributed by atoms with Crippen LogP contribution in [0.2, 0.25) is 0 Å². The number of rotatable bonds is 8. The van der Waals surface area contributed by atoms with Crippen LogP contribution in [0.3, 0.4) is 0 Å². The van der Waals surface area contributed by atoms with Crippen molar-refractivity contribution in [1.82, 2.24) is 15.0 Å². The Bertz CT molecular complexity index is 827. The SMILES string of the molecule is CCCCc1nc(C)c(C(=O)NCc2ccc(S(=O)(=O)NC)cc2)s1. The molecule has 0 aliphatic rings. The highest BCUT2D eigenvalue weighted by atomic mass is 32.2. The lowest BCUT2D eigenvalue weighted by atomic mass is 10.2. The average molecular weight is 382 g/mol. The number of nitrogens with one attached hydrogen (secondary N) is 2. The Hall–Kier alpha value is -1.77. The Morgan fingerprint density at radius 2 is 1.92 bits per heavy atom. The van der Waals surface area contributed by atoms with Gasteiger partial charge in [-0.05, 0) is 44.5 Å². The van der Waals surface area contributed by atoms with Gasteiger partial charge in [0, 0.05) is 6.54 Å². The van der Waals surface area contributed by atoms with Crippen molar-refractivity contribution >= 4 is 27.3 Å². The summed E-state index contributed by atoms with van der Waals surface area (Å²) >= 11 is 1.44. The minimum Gasteiger partial charge on any atom is -0.347 e. The molecule has 0 aliphatic heterocycles. The molecule has 1 aromatic carbocycles. The maximum atomic E-state index is 12.4. The van der Waals surface area contributed by atoms with Crippen molar-refractivity contribution in [2.75, 3.05) is 7.05 Å². The molecular weight excluding hydrogens is 358 g/mol. The van der Waals surface area contributed by atoms with Gasteiger partial charge >= 0.3 is 0 Å². The summed E-state index contributed by atoms with van der Waals surface area (Å²) in [5, 5.41) is 3.86. The summed E-state index contributed by atoms with van der Waals surface area (Å²) in [5.74, 6) is -0.148. The van der Waals surface area contributed by atoms with E-state index in [2.05, 4.69) is 21.9 Å². The maximum absolute atomic E-state index is 12.4. The zero-order chi connectivity index (χ0) is 18.4. The van der Waals surface area contributed by atoms with Crippen molar-refractivity contribution in [2.45, 2.75) is 44.6 Å². The highest BCUT2D eigenvalue weighted by molar-refractivity contribution is 7.89. The summed E-state index contributed by atoms with van der Waals surface area (Å²) in [6, 6.07) is 6.43. The number of aryl methyl sites for hydroxylation is 2. The van der Waals surface area contributed by atoms with Gasteiger partial charge in [-0.2, -0.15) is 0 Å². The minimum atomic E-state index is -3.44. The van der Waals surface area contributed by atoms with Crippen molar-refractivity contribution in [1.29, 1.82) is 0 Å². The normalized spacial score (nSPS) is 11.5. The van der Waals surface area contributed by atoms with Gasteiger partial charge in [-0.1, -0.05) is 25.5 Å². The van der Waals surface area contributed by atoms with Gasteiger partial charge < -0.3 is 5.32 Å². The third-order valence-corrected chi connectivity index (χ3v) is 6.39. The molecule has 1 amide bonds. The standard InChI is InChI=1S/C17H23N3O3S2/c1-4-5-6-15-20-12(2)16(24-15)17(21)19-11-13-7-9-14(10-8-13)25(22,23)18-3/h7-10,18H,4-6,11H2,1-3H3,(H,19,21). The molecule has 2 aromatic rings. The fourth-order valence-corrected chi connectivity index (χ4v) is 4.02.